The first-order valence-corrected chi connectivity index (χ1v) is 7.71. The van der Waals surface area contributed by atoms with Crippen LogP contribution in [0, 0.1) is 12.7 Å². The third-order valence-corrected chi connectivity index (χ3v) is 4.46. The van der Waals surface area contributed by atoms with Crippen LogP contribution in [0.4, 0.5) is 10.1 Å². The van der Waals surface area contributed by atoms with Gasteiger partial charge in [-0.3, -0.25) is 4.72 Å². The van der Waals surface area contributed by atoms with Gasteiger partial charge in [-0.05, 0) is 55.0 Å². The molecule has 0 atom stereocenters. The molecule has 19 heavy (non-hydrogen) atoms. The Morgan fingerprint density at radius 1 is 1.11 bits per heavy atom. The number of halogens is 2. The second-order valence-electron chi connectivity index (χ2n) is 4.02. The van der Waals surface area contributed by atoms with E-state index >= 15 is 0 Å². The molecule has 2 aromatic carbocycles. The molecule has 0 aromatic heterocycles. The summed E-state index contributed by atoms with van der Waals surface area (Å²) < 4.78 is 40.5. The van der Waals surface area contributed by atoms with Crippen LogP contribution in [0.25, 0.3) is 0 Å². The highest BCUT2D eigenvalue weighted by Crippen LogP contribution is 2.20. The molecule has 0 aliphatic heterocycles. The number of rotatable bonds is 3. The maximum absolute atomic E-state index is 13.1. The van der Waals surface area contributed by atoms with Gasteiger partial charge in [0.25, 0.3) is 10.0 Å². The standard InChI is InChI=1S/C13H11BrFNO2S/c1-9-8-11(4-7-13(9)15)16-19(17,18)12-5-2-10(14)3-6-12/h2-8,16H,1H3. The first-order valence-electron chi connectivity index (χ1n) is 5.43. The van der Waals surface area contributed by atoms with E-state index in [-0.39, 0.29) is 10.7 Å². The number of anilines is 1. The second-order valence-corrected chi connectivity index (χ2v) is 6.62. The topological polar surface area (TPSA) is 46.2 Å². The third-order valence-electron chi connectivity index (χ3n) is 2.53. The number of sulfonamides is 1. The van der Waals surface area contributed by atoms with Crippen LogP contribution in [0.2, 0.25) is 0 Å². The van der Waals surface area contributed by atoms with Gasteiger partial charge in [0.1, 0.15) is 5.82 Å². The number of aryl methyl sites for hydroxylation is 1. The number of hydrogen-bond acceptors (Lipinski definition) is 2. The van der Waals surface area contributed by atoms with Crippen molar-refractivity contribution in [1.82, 2.24) is 0 Å². The summed E-state index contributed by atoms with van der Waals surface area (Å²) in [6.07, 6.45) is 0. The fraction of sp³-hybridized carbons (Fsp3) is 0.0769. The van der Waals surface area contributed by atoms with E-state index in [2.05, 4.69) is 20.7 Å². The van der Waals surface area contributed by atoms with E-state index in [0.717, 1.165) is 4.47 Å². The van der Waals surface area contributed by atoms with Crippen molar-refractivity contribution in [3.8, 4) is 0 Å². The van der Waals surface area contributed by atoms with E-state index in [1.807, 2.05) is 0 Å². The molecule has 2 rings (SSSR count). The van der Waals surface area contributed by atoms with Gasteiger partial charge in [-0.2, -0.15) is 0 Å². The predicted octanol–water partition coefficient (Wildman–Crippen LogP) is 3.70. The van der Waals surface area contributed by atoms with Gasteiger partial charge in [0.2, 0.25) is 0 Å². The molecule has 1 N–H and O–H groups in total. The minimum atomic E-state index is -3.65. The van der Waals surface area contributed by atoms with Crippen LogP contribution in [0.1, 0.15) is 5.56 Å². The molecule has 0 aliphatic rings. The van der Waals surface area contributed by atoms with Crippen LogP contribution in [0.3, 0.4) is 0 Å². The van der Waals surface area contributed by atoms with Gasteiger partial charge in [0, 0.05) is 10.2 Å². The minimum Gasteiger partial charge on any atom is -0.280 e. The molecule has 0 saturated carbocycles. The average Bonchev–Trinajstić information content (AvgIpc) is 2.34. The van der Waals surface area contributed by atoms with Gasteiger partial charge in [-0.15, -0.1) is 0 Å². The fourth-order valence-electron chi connectivity index (χ4n) is 1.54. The maximum Gasteiger partial charge on any atom is 0.261 e. The number of hydrogen-bond donors (Lipinski definition) is 1. The van der Waals surface area contributed by atoms with Crippen molar-refractivity contribution in [2.45, 2.75) is 11.8 Å². The Balaban J connectivity index is 2.30. The minimum absolute atomic E-state index is 0.151. The quantitative estimate of drug-likeness (QED) is 0.923. The summed E-state index contributed by atoms with van der Waals surface area (Å²) in [5.74, 6) is -0.369. The van der Waals surface area contributed by atoms with E-state index < -0.39 is 10.0 Å². The van der Waals surface area contributed by atoms with Crippen LogP contribution < -0.4 is 4.72 Å². The van der Waals surface area contributed by atoms with Crippen LogP contribution in [-0.2, 0) is 10.0 Å². The molecule has 2 aromatic rings. The lowest BCUT2D eigenvalue weighted by Gasteiger charge is -2.09. The van der Waals surface area contributed by atoms with Crippen molar-refractivity contribution in [3.63, 3.8) is 0 Å². The lowest BCUT2D eigenvalue weighted by molar-refractivity contribution is 0.601. The number of nitrogens with one attached hydrogen (secondary N) is 1. The Labute approximate surface area is 119 Å². The molecule has 0 unspecified atom stereocenters. The lowest BCUT2D eigenvalue weighted by atomic mass is 10.2. The summed E-state index contributed by atoms with van der Waals surface area (Å²) in [4.78, 5) is 0.151. The molecular weight excluding hydrogens is 333 g/mol. The zero-order valence-corrected chi connectivity index (χ0v) is 12.4. The van der Waals surface area contributed by atoms with Gasteiger partial charge >= 0.3 is 0 Å². The highest BCUT2D eigenvalue weighted by atomic mass is 79.9. The molecule has 0 radical (unpaired) electrons. The van der Waals surface area contributed by atoms with Crippen LogP contribution in [0.15, 0.2) is 51.8 Å². The van der Waals surface area contributed by atoms with Crippen molar-refractivity contribution < 1.29 is 12.8 Å². The number of benzene rings is 2. The van der Waals surface area contributed by atoms with E-state index in [9.17, 15) is 12.8 Å². The molecule has 0 fully saturated rings. The molecule has 0 heterocycles. The zero-order chi connectivity index (χ0) is 14.0. The van der Waals surface area contributed by atoms with E-state index in [1.54, 1.807) is 19.1 Å². The molecule has 0 bridgehead atoms. The fourth-order valence-corrected chi connectivity index (χ4v) is 2.85. The predicted molar refractivity (Wildman–Crippen MR) is 76.1 cm³/mol. The molecular formula is C13H11BrFNO2S. The third kappa shape index (κ3) is 3.33. The molecule has 0 spiro atoms. The summed E-state index contributed by atoms with van der Waals surface area (Å²) in [5.41, 5.74) is 0.720. The van der Waals surface area contributed by atoms with Crippen molar-refractivity contribution >= 4 is 31.6 Å². The highest BCUT2D eigenvalue weighted by Gasteiger charge is 2.14. The van der Waals surface area contributed by atoms with Crippen LogP contribution in [-0.4, -0.2) is 8.42 Å². The first kappa shape index (κ1) is 14.0. The molecule has 100 valence electrons. The second kappa shape index (κ2) is 5.30. The van der Waals surface area contributed by atoms with Crippen molar-refractivity contribution in [2.75, 3.05) is 4.72 Å². The van der Waals surface area contributed by atoms with E-state index in [0.29, 0.717) is 11.3 Å². The summed E-state index contributed by atoms with van der Waals surface area (Å²) >= 11 is 3.24. The van der Waals surface area contributed by atoms with Crippen molar-refractivity contribution in [2.24, 2.45) is 0 Å². The SMILES string of the molecule is Cc1cc(NS(=O)(=O)c2ccc(Br)cc2)ccc1F. The summed E-state index contributed by atoms with van der Waals surface area (Å²) in [6, 6.07) is 10.3. The van der Waals surface area contributed by atoms with E-state index in [4.69, 9.17) is 0 Å². The molecule has 6 heteroatoms. The molecule has 3 nitrogen and oxygen atoms in total. The van der Waals surface area contributed by atoms with Crippen molar-refractivity contribution in [3.05, 3.63) is 58.3 Å². The highest BCUT2D eigenvalue weighted by molar-refractivity contribution is 9.10. The Kier molecular flexibility index (Phi) is 3.91. The summed E-state index contributed by atoms with van der Waals surface area (Å²) in [6.45, 7) is 1.58. The Morgan fingerprint density at radius 3 is 2.32 bits per heavy atom. The lowest BCUT2D eigenvalue weighted by Crippen LogP contribution is -2.13. The Hall–Kier alpha value is -1.40. The van der Waals surface area contributed by atoms with Crippen molar-refractivity contribution in [1.29, 1.82) is 0 Å². The summed E-state index contributed by atoms with van der Waals surface area (Å²) in [7, 11) is -3.65. The molecule has 0 saturated heterocycles. The van der Waals surface area contributed by atoms with Gasteiger partial charge < -0.3 is 0 Å². The molecule has 0 amide bonds. The zero-order valence-electron chi connectivity index (χ0n) is 10.0. The normalized spacial score (nSPS) is 11.3. The Bertz CT molecular complexity index is 699. The largest absolute Gasteiger partial charge is 0.280 e. The Morgan fingerprint density at radius 2 is 1.74 bits per heavy atom. The summed E-state index contributed by atoms with van der Waals surface area (Å²) in [5, 5.41) is 0. The van der Waals surface area contributed by atoms with Gasteiger partial charge in [-0.1, -0.05) is 15.9 Å². The molecule has 0 aliphatic carbocycles. The van der Waals surface area contributed by atoms with Crippen LogP contribution >= 0.6 is 15.9 Å². The van der Waals surface area contributed by atoms with Gasteiger partial charge in [-0.25, -0.2) is 12.8 Å². The van der Waals surface area contributed by atoms with Gasteiger partial charge in [0.15, 0.2) is 0 Å². The van der Waals surface area contributed by atoms with E-state index in [1.165, 1.54) is 30.3 Å². The smallest absolute Gasteiger partial charge is 0.261 e. The average molecular weight is 344 g/mol. The van der Waals surface area contributed by atoms with Gasteiger partial charge in [0.05, 0.1) is 4.90 Å². The first-order chi connectivity index (χ1) is 8.88. The van der Waals surface area contributed by atoms with Crippen LogP contribution in [0.5, 0.6) is 0 Å². The monoisotopic (exact) mass is 343 g/mol. The maximum atomic E-state index is 13.1.